The molecule has 1 heterocycles. The Labute approximate surface area is 229 Å². The van der Waals surface area contributed by atoms with Crippen LogP contribution in [0.4, 0.5) is 11.4 Å². The Hall–Kier alpha value is -2.74. The fourth-order valence-electron chi connectivity index (χ4n) is 3.96. The van der Waals surface area contributed by atoms with Gasteiger partial charge >= 0.3 is 0 Å². The molecule has 9 heteroatoms. The molecule has 0 radical (unpaired) electrons. The van der Waals surface area contributed by atoms with Crippen molar-refractivity contribution >= 4 is 62.3 Å². The van der Waals surface area contributed by atoms with Gasteiger partial charge < -0.3 is 19.9 Å². The van der Waals surface area contributed by atoms with Crippen LogP contribution in [0.25, 0.3) is 0 Å². The molecule has 1 N–H and O–H groups in total. The first kappa shape index (κ1) is 26.3. The molecule has 1 fully saturated rings. The highest BCUT2D eigenvalue weighted by molar-refractivity contribution is 9.10. The van der Waals surface area contributed by atoms with Crippen molar-refractivity contribution in [3.63, 3.8) is 0 Å². The number of nitrogens with zero attached hydrogens (tertiary/aromatic N) is 2. The molecule has 188 valence electrons. The lowest BCUT2D eigenvalue weighted by atomic mass is 10.1. The van der Waals surface area contributed by atoms with E-state index in [1.165, 1.54) is 0 Å². The number of hydrogen-bond donors (Lipinski definition) is 1. The van der Waals surface area contributed by atoms with Crippen LogP contribution in [-0.4, -0.2) is 49.5 Å². The number of carbonyl (C=O) groups excluding carboxylic acids is 2. The van der Waals surface area contributed by atoms with Crippen LogP contribution < -0.4 is 15.0 Å². The molecule has 2 amide bonds. The van der Waals surface area contributed by atoms with Crippen molar-refractivity contribution in [2.24, 2.45) is 0 Å². The Morgan fingerprint density at radius 3 is 2.33 bits per heavy atom. The van der Waals surface area contributed by atoms with Crippen LogP contribution in [0.2, 0.25) is 10.0 Å². The lowest BCUT2D eigenvalue weighted by Crippen LogP contribution is -2.48. The summed E-state index contributed by atoms with van der Waals surface area (Å²) in [5, 5.41) is 3.73. The van der Waals surface area contributed by atoms with Gasteiger partial charge in [-0.2, -0.15) is 0 Å². The first-order valence-electron chi connectivity index (χ1n) is 11.7. The normalized spacial score (nSPS) is 13.4. The molecule has 36 heavy (non-hydrogen) atoms. The lowest BCUT2D eigenvalue weighted by molar-refractivity contribution is 0.0746. The second-order valence-corrected chi connectivity index (χ2v) is 10.1. The molecule has 0 atom stereocenters. The highest BCUT2D eigenvalue weighted by Gasteiger charge is 2.24. The summed E-state index contributed by atoms with van der Waals surface area (Å²) >= 11 is 16.1. The number of ether oxygens (including phenoxy) is 1. The minimum atomic E-state index is -0.317. The number of carbonyl (C=O) groups is 2. The molecule has 0 aromatic heterocycles. The topological polar surface area (TPSA) is 61.9 Å². The van der Waals surface area contributed by atoms with Gasteiger partial charge in [0.05, 0.1) is 27.9 Å². The third-order valence-electron chi connectivity index (χ3n) is 5.86. The second kappa shape index (κ2) is 12.0. The largest absolute Gasteiger partial charge is 0.494 e. The van der Waals surface area contributed by atoms with Crippen LogP contribution in [0, 0.1) is 0 Å². The zero-order chi connectivity index (χ0) is 25.7. The van der Waals surface area contributed by atoms with E-state index in [-0.39, 0.29) is 11.8 Å². The van der Waals surface area contributed by atoms with Crippen molar-refractivity contribution in [3.05, 3.63) is 86.3 Å². The van der Waals surface area contributed by atoms with Gasteiger partial charge in [0.25, 0.3) is 11.8 Å². The molecule has 0 bridgehead atoms. The first-order valence-corrected chi connectivity index (χ1v) is 13.2. The minimum absolute atomic E-state index is 0.00654. The second-order valence-electron chi connectivity index (χ2n) is 8.40. The summed E-state index contributed by atoms with van der Waals surface area (Å²) in [6.07, 6.45) is 0.938. The molecule has 6 nitrogen and oxygen atoms in total. The molecule has 3 aromatic carbocycles. The molecule has 1 saturated heterocycles. The number of rotatable bonds is 7. The lowest BCUT2D eigenvalue weighted by Gasteiger charge is -2.36. The highest BCUT2D eigenvalue weighted by atomic mass is 79.9. The molecular weight excluding hydrogens is 565 g/mol. The Balaban J connectivity index is 1.35. The smallest absolute Gasteiger partial charge is 0.257 e. The number of nitrogens with one attached hydrogen (secondary N) is 1. The van der Waals surface area contributed by atoms with Crippen molar-refractivity contribution in [2.75, 3.05) is 43.0 Å². The summed E-state index contributed by atoms with van der Waals surface area (Å²) in [5.74, 6) is 0.460. The Bertz CT molecular complexity index is 1250. The number of amides is 2. The van der Waals surface area contributed by atoms with E-state index in [0.717, 1.165) is 22.3 Å². The van der Waals surface area contributed by atoms with E-state index >= 15 is 0 Å². The van der Waals surface area contributed by atoms with Crippen LogP contribution >= 0.6 is 39.1 Å². The summed E-state index contributed by atoms with van der Waals surface area (Å²) in [4.78, 5) is 29.6. The summed E-state index contributed by atoms with van der Waals surface area (Å²) in [5.41, 5.74) is 2.45. The molecule has 0 saturated carbocycles. The standard InChI is InChI=1S/C27H26BrCl2N3O3/c1-2-15-36-21-7-3-18(4-8-21)27(35)33-13-11-32(12-14-33)25-10-6-20(17-24(25)30)31-26(34)22-16-19(28)5-9-23(22)29/h3-10,16-17H,2,11-15H2,1H3,(H,31,34). The maximum absolute atomic E-state index is 12.9. The van der Waals surface area contributed by atoms with E-state index in [1.807, 2.05) is 41.3 Å². The van der Waals surface area contributed by atoms with Crippen molar-refractivity contribution in [1.29, 1.82) is 0 Å². The van der Waals surface area contributed by atoms with Gasteiger partial charge in [-0.3, -0.25) is 9.59 Å². The van der Waals surface area contributed by atoms with Crippen molar-refractivity contribution < 1.29 is 14.3 Å². The summed E-state index contributed by atoms with van der Waals surface area (Å²) < 4.78 is 6.36. The van der Waals surface area contributed by atoms with Crippen molar-refractivity contribution in [3.8, 4) is 5.75 Å². The zero-order valence-electron chi connectivity index (χ0n) is 19.8. The van der Waals surface area contributed by atoms with E-state index in [4.69, 9.17) is 27.9 Å². The van der Waals surface area contributed by atoms with Crippen LogP contribution in [0.5, 0.6) is 5.75 Å². The first-order chi connectivity index (χ1) is 17.4. The van der Waals surface area contributed by atoms with Crippen molar-refractivity contribution in [1.82, 2.24) is 4.90 Å². The number of piperazine rings is 1. The zero-order valence-corrected chi connectivity index (χ0v) is 22.9. The highest BCUT2D eigenvalue weighted by Crippen LogP contribution is 2.31. The molecule has 1 aliphatic rings. The SMILES string of the molecule is CCCOc1ccc(C(=O)N2CCN(c3ccc(NC(=O)c4cc(Br)ccc4Cl)cc3Cl)CC2)cc1. The summed E-state index contributed by atoms with van der Waals surface area (Å²) in [7, 11) is 0. The van der Waals surface area contributed by atoms with E-state index in [0.29, 0.717) is 59.6 Å². The third-order valence-corrected chi connectivity index (χ3v) is 6.99. The number of hydrogen-bond acceptors (Lipinski definition) is 4. The van der Waals surface area contributed by atoms with Crippen LogP contribution in [0.1, 0.15) is 34.1 Å². The maximum Gasteiger partial charge on any atom is 0.257 e. The number of anilines is 2. The molecule has 4 rings (SSSR count). The number of halogens is 3. The van der Waals surface area contributed by atoms with Gasteiger partial charge in [0, 0.05) is 41.9 Å². The molecule has 0 unspecified atom stereocenters. The number of benzene rings is 3. The van der Waals surface area contributed by atoms with E-state index in [1.54, 1.807) is 24.3 Å². The van der Waals surface area contributed by atoms with Gasteiger partial charge in [-0.15, -0.1) is 0 Å². The fourth-order valence-corrected chi connectivity index (χ4v) is 4.82. The van der Waals surface area contributed by atoms with Gasteiger partial charge in [0.1, 0.15) is 5.75 Å². The molecule has 1 aliphatic heterocycles. The van der Waals surface area contributed by atoms with Gasteiger partial charge in [-0.1, -0.05) is 46.1 Å². The quantitative estimate of drug-likeness (QED) is 0.330. The average molecular weight is 591 g/mol. The molecule has 3 aromatic rings. The average Bonchev–Trinajstić information content (AvgIpc) is 2.89. The Kier molecular flexibility index (Phi) is 8.77. The van der Waals surface area contributed by atoms with E-state index < -0.39 is 0 Å². The predicted octanol–water partition coefficient (Wildman–Crippen LogP) is 6.76. The molecule has 0 spiro atoms. The van der Waals surface area contributed by atoms with Gasteiger partial charge in [-0.05, 0) is 67.1 Å². The molecule has 0 aliphatic carbocycles. The monoisotopic (exact) mass is 589 g/mol. The summed E-state index contributed by atoms with van der Waals surface area (Å²) in [6, 6.07) is 17.8. The Morgan fingerprint density at radius 2 is 1.67 bits per heavy atom. The molecular formula is C27H26BrCl2N3O3. The van der Waals surface area contributed by atoms with Crippen LogP contribution in [-0.2, 0) is 0 Å². The van der Waals surface area contributed by atoms with Gasteiger partial charge in [0.2, 0.25) is 0 Å². The van der Waals surface area contributed by atoms with Crippen LogP contribution in [0.3, 0.4) is 0 Å². The third kappa shape index (κ3) is 6.33. The van der Waals surface area contributed by atoms with E-state index in [2.05, 4.69) is 33.1 Å². The summed E-state index contributed by atoms with van der Waals surface area (Å²) in [6.45, 7) is 5.19. The minimum Gasteiger partial charge on any atom is -0.494 e. The van der Waals surface area contributed by atoms with E-state index in [9.17, 15) is 9.59 Å². The van der Waals surface area contributed by atoms with Crippen LogP contribution in [0.15, 0.2) is 65.1 Å². The van der Waals surface area contributed by atoms with Gasteiger partial charge in [0.15, 0.2) is 0 Å². The maximum atomic E-state index is 12.9. The Morgan fingerprint density at radius 1 is 0.944 bits per heavy atom. The van der Waals surface area contributed by atoms with Crippen molar-refractivity contribution in [2.45, 2.75) is 13.3 Å². The van der Waals surface area contributed by atoms with Gasteiger partial charge in [-0.25, -0.2) is 0 Å². The fraction of sp³-hybridized carbons (Fsp3) is 0.259. The predicted molar refractivity (Wildman–Crippen MR) is 149 cm³/mol.